The van der Waals surface area contributed by atoms with Crippen molar-refractivity contribution in [1.29, 1.82) is 0 Å². The van der Waals surface area contributed by atoms with E-state index in [-0.39, 0.29) is 6.03 Å². The Morgan fingerprint density at radius 2 is 1.68 bits per heavy atom. The highest BCUT2D eigenvalue weighted by Crippen LogP contribution is 2.22. The molecule has 2 aromatic rings. The van der Waals surface area contributed by atoms with Crippen molar-refractivity contribution >= 4 is 11.7 Å². The van der Waals surface area contributed by atoms with E-state index < -0.39 is 0 Å². The number of ether oxygens (including phenoxy) is 1. The Morgan fingerprint density at radius 3 is 2.28 bits per heavy atom. The minimum Gasteiger partial charge on any atom is -0.493 e. The van der Waals surface area contributed by atoms with E-state index in [0.717, 1.165) is 29.0 Å². The average molecular weight is 340 g/mol. The Bertz CT molecular complexity index is 673. The molecule has 0 bridgehead atoms. The van der Waals surface area contributed by atoms with Gasteiger partial charge in [-0.05, 0) is 55.0 Å². The van der Waals surface area contributed by atoms with Crippen LogP contribution >= 0.6 is 0 Å². The molecule has 0 aromatic heterocycles. The van der Waals surface area contributed by atoms with Crippen LogP contribution in [0.1, 0.15) is 42.9 Å². The molecule has 0 fully saturated rings. The zero-order chi connectivity index (χ0) is 18.2. The number of urea groups is 1. The highest BCUT2D eigenvalue weighted by atomic mass is 16.5. The van der Waals surface area contributed by atoms with Gasteiger partial charge in [-0.15, -0.1) is 0 Å². The Labute approximate surface area is 150 Å². The lowest BCUT2D eigenvalue weighted by molar-refractivity contribution is 0.250. The van der Waals surface area contributed by atoms with Gasteiger partial charge in [0.2, 0.25) is 0 Å². The van der Waals surface area contributed by atoms with Crippen LogP contribution < -0.4 is 15.4 Å². The lowest BCUT2D eigenvalue weighted by Gasteiger charge is -2.12. The first-order chi connectivity index (χ1) is 12.0. The van der Waals surface area contributed by atoms with E-state index in [9.17, 15) is 4.79 Å². The molecule has 4 nitrogen and oxygen atoms in total. The highest BCUT2D eigenvalue weighted by molar-refractivity contribution is 5.89. The molecule has 0 aliphatic heterocycles. The van der Waals surface area contributed by atoms with Gasteiger partial charge in [-0.3, -0.25) is 0 Å². The summed E-state index contributed by atoms with van der Waals surface area (Å²) in [5.74, 6) is 1.43. The second-order valence-corrected chi connectivity index (χ2v) is 6.58. The predicted molar refractivity (Wildman–Crippen MR) is 104 cm³/mol. The van der Waals surface area contributed by atoms with E-state index in [1.54, 1.807) is 0 Å². The van der Waals surface area contributed by atoms with Crippen molar-refractivity contribution < 1.29 is 9.53 Å². The molecule has 2 rings (SSSR count). The van der Waals surface area contributed by atoms with Gasteiger partial charge in [-0.1, -0.05) is 44.2 Å². The SMILES string of the molecule is Cc1cccc(C)c1OCCCNC(=O)Nc1ccc(C(C)C)cc1. The van der Waals surface area contributed by atoms with Gasteiger partial charge in [0.05, 0.1) is 6.61 Å². The van der Waals surface area contributed by atoms with Gasteiger partial charge in [0.1, 0.15) is 5.75 Å². The summed E-state index contributed by atoms with van der Waals surface area (Å²) in [6.45, 7) is 9.53. The molecule has 25 heavy (non-hydrogen) atoms. The second-order valence-electron chi connectivity index (χ2n) is 6.58. The summed E-state index contributed by atoms with van der Waals surface area (Å²) in [6, 6.07) is 13.9. The lowest BCUT2D eigenvalue weighted by Crippen LogP contribution is -2.30. The van der Waals surface area contributed by atoms with Crippen LogP contribution in [0.25, 0.3) is 0 Å². The van der Waals surface area contributed by atoms with E-state index >= 15 is 0 Å². The summed E-state index contributed by atoms with van der Waals surface area (Å²) in [5, 5.41) is 5.70. The minimum absolute atomic E-state index is 0.190. The molecular weight excluding hydrogens is 312 g/mol. The maximum Gasteiger partial charge on any atom is 0.319 e. The second kappa shape index (κ2) is 9.11. The first-order valence-corrected chi connectivity index (χ1v) is 8.81. The van der Waals surface area contributed by atoms with Gasteiger partial charge in [0.25, 0.3) is 0 Å². The molecule has 0 heterocycles. The van der Waals surface area contributed by atoms with Gasteiger partial charge in [0, 0.05) is 12.2 Å². The Hall–Kier alpha value is -2.49. The molecule has 0 saturated heterocycles. The molecule has 2 amide bonds. The van der Waals surface area contributed by atoms with Crippen LogP contribution in [0.4, 0.5) is 10.5 Å². The van der Waals surface area contributed by atoms with E-state index in [1.165, 1.54) is 5.56 Å². The van der Waals surface area contributed by atoms with Gasteiger partial charge >= 0.3 is 6.03 Å². The quantitative estimate of drug-likeness (QED) is 0.696. The fraction of sp³-hybridized carbons (Fsp3) is 0.381. The van der Waals surface area contributed by atoms with Crippen LogP contribution in [-0.2, 0) is 0 Å². The molecule has 0 spiro atoms. The summed E-state index contributed by atoms with van der Waals surface area (Å²) in [5.41, 5.74) is 4.33. The van der Waals surface area contributed by atoms with Crippen LogP contribution in [0.15, 0.2) is 42.5 Å². The zero-order valence-electron chi connectivity index (χ0n) is 15.6. The number of amides is 2. The third-order valence-electron chi connectivity index (χ3n) is 4.10. The topological polar surface area (TPSA) is 50.4 Å². The third-order valence-corrected chi connectivity index (χ3v) is 4.10. The predicted octanol–water partition coefficient (Wildman–Crippen LogP) is 5.02. The van der Waals surface area contributed by atoms with Gasteiger partial charge in [-0.2, -0.15) is 0 Å². The maximum absolute atomic E-state index is 11.9. The molecule has 0 unspecified atom stereocenters. The first kappa shape index (κ1) is 18.8. The summed E-state index contributed by atoms with van der Waals surface area (Å²) in [6.07, 6.45) is 0.757. The van der Waals surface area contributed by atoms with Crippen LogP contribution in [0, 0.1) is 13.8 Å². The lowest BCUT2D eigenvalue weighted by atomic mass is 10.0. The zero-order valence-corrected chi connectivity index (χ0v) is 15.6. The molecule has 0 atom stereocenters. The van der Waals surface area contributed by atoms with Gasteiger partial charge in [-0.25, -0.2) is 4.79 Å². The van der Waals surface area contributed by atoms with Crippen molar-refractivity contribution in [2.45, 2.75) is 40.0 Å². The normalized spacial score (nSPS) is 10.6. The number of aryl methyl sites for hydroxylation is 2. The number of carbonyl (C=O) groups excluding carboxylic acids is 1. The van der Waals surface area contributed by atoms with E-state index in [0.29, 0.717) is 19.1 Å². The molecule has 0 aliphatic carbocycles. The van der Waals surface area contributed by atoms with Crippen molar-refractivity contribution in [1.82, 2.24) is 5.32 Å². The Morgan fingerprint density at radius 1 is 1.04 bits per heavy atom. The summed E-state index contributed by atoms with van der Waals surface area (Å²) >= 11 is 0. The average Bonchev–Trinajstić information content (AvgIpc) is 2.57. The summed E-state index contributed by atoms with van der Waals surface area (Å²) in [4.78, 5) is 11.9. The van der Waals surface area contributed by atoms with Crippen molar-refractivity contribution in [3.05, 3.63) is 59.2 Å². The molecule has 134 valence electrons. The van der Waals surface area contributed by atoms with Crippen LogP contribution in [0.3, 0.4) is 0 Å². The summed E-state index contributed by atoms with van der Waals surface area (Å²) < 4.78 is 5.83. The van der Waals surface area contributed by atoms with E-state index in [2.05, 4.69) is 24.5 Å². The minimum atomic E-state index is -0.190. The smallest absolute Gasteiger partial charge is 0.319 e. The van der Waals surface area contributed by atoms with E-state index in [4.69, 9.17) is 4.74 Å². The first-order valence-electron chi connectivity index (χ1n) is 8.81. The number of nitrogens with one attached hydrogen (secondary N) is 2. The molecule has 0 saturated carbocycles. The number of para-hydroxylation sites is 1. The van der Waals surface area contributed by atoms with Crippen molar-refractivity contribution in [3.8, 4) is 5.75 Å². The monoisotopic (exact) mass is 340 g/mol. The molecule has 4 heteroatoms. The van der Waals surface area contributed by atoms with Crippen LogP contribution in [0.5, 0.6) is 5.75 Å². The molecule has 0 aliphatic rings. The number of carbonyl (C=O) groups is 1. The Balaban J connectivity index is 1.68. The summed E-state index contributed by atoms with van der Waals surface area (Å²) in [7, 11) is 0. The molecule has 2 N–H and O–H groups in total. The Kier molecular flexibility index (Phi) is 6.87. The van der Waals surface area contributed by atoms with Crippen LogP contribution in [0.2, 0.25) is 0 Å². The molecule has 0 radical (unpaired) electrons. The number of hydrogen-bond donors (Lipinski definition) is 2. The fourth-order valence-corrected chi connectivity index (χ4v) is 2.60. The van der Waals surface area contributed by atoms with Gasteiger partial charge < -0.3 is 15.4 Å². The van der Waals surface area contributed by atoms with E-state index in [1.807, 2.05) is 56.3 Å². The number of rotatable bonds is 7. The fourth-order valence-electron chi connectivity index (χ4n) is 2.60. The molecule has 2 aromatic carbocycles. The third kappa shape index (κ3) is 5.82. The number of benzene rings is 2. The largest absolute Gasteiger partial charge is 0.493 e. The maximum atomic E-state index is 11.9. The number of anilines is 1. The van der Waals surface area contributed by atoms with Gasteiger partial charge in [0.15, 0.2) is 0 Å². The highest BCUT2D eigenvalue weighted by Gasteiger charge is 2.04. The number of hydrogen-bond acceptors (Lipinski definition) is 2. The van der Waals surface area contributed by atoms with Crippen molar-refractivity contribution in [2.75, 3.05) is 18.5 Å². The van der Waals surface area contributed by atoms with Crippen molar-refractivity contribution in [2.24, 2.45) is 0 Å². The van der Waals surface area contributed by atoms with Crippen molar-refractivity contribution in [3.63, 3.8) is 0 Å². The van der Waals surface area contributed by atoms with Crippen LogP contribution in [-0.4, -0.2) is 19.2 Å². The standard InChI is InChI=1S/C21H28N2O2/c1-15(2)18-9-11-19(12-10-18)23-21(24)22-13-6-14-25-20-16(3)7-5-8-17(20)4/h5,7-12,15H,6,13-14H2,1-4H3,(H2,22,23,24). The molecular formula is C21H28N2O2.